The van der Waals surface area contributed by atoms with Gasteiger partial charge in [0.1, 0.15) is 0 Å². The van der Waals surface area contributed by atoms with Crippen molar-refractivity contribution < 1.29 is 39.6 Å². The highest BCUT2D eigenvalue weighted by Gasteiger charge is 2.40. The number of aryl methyl sites for hydroxylation is 2. The van der Waals surface area contributed by atoms with Gasteiger partial charge in [-0.1, -0.05) is 18.2 Å². The number of H-pyrrole nitrogens is 1. The van der Waals surface area contributed by atoms with Crippen LogP contribution in [0.4, 0.5) is 0 Å². The van der Waals surface area contributed by atoms with Crippen LogP contribution in [0.3, 0.4) is 0 Å². The van der Waals surface area contributed by atoms with Crippen LogP contribution in [0.2, 0.25) is 0 Å². The summed E-state index contributed by atoms with van der Waals surface area (Å²) in [7, 11) is 5.91. The van der Waals surface area contributed by atoms with E-state index in [-0.39, 0.29) is 5.91 Å². The summed E-state index contributed by atoms with van der Waals surface area (Å²) in [5.74, 6) is -4.85. The Balaban J connectivity index is 0.000000385. The van der Waals surface area contributed by atoms with Gasteiger partial charge in [-0.25, -0.2) is 4.79 Å². The van der Waals surface area contributed by atoms with E-state index >= 15 is 0 Å². The SMILES string of the molecule is Cc1[nH]c2c(C)cccc2c1CC(=O)N(C)CCN(C)C.O=C(O)CC(O)(CC(=O)O)C(=O)O. The van der Waals surface area contributed by atoms with E-state index in [1.165, 1.54) is 10.9 Å². The second-order valence-corrected chi connectivity index (χ2v) is 8.50. The van der Waals surface area contributed by atoms with Crippen LogP contribution in [0.15, 0.2) is 18.2 Å². The highest BCUT2D eigenvalue weighted by Crippen LogP contribution is 2.25. The molecular weight excluding hydrogens is 446 g/mol. The Morgan fingerprint density at radius 3 is 1.97 bits per heavy atom. The Hall–Kier alpha value is -3.44. The van der Waals surface area contributed by atoms with Crippen LogP contribution in [-0.2, 0) is 25.6 Å². The van der Waals surface area contributed by atoms with E-state index in [9.17, 15) is 19.2 Å². The smallest absolute Gasteiger partial charge is 0.336 e. The number of nitrogens with one attached hydrogen (secondary N) is 1. The molecule has 0 saturated carbocycles. The van der Waals surface area contributed by atoms with E-state index < -0.39 is 36.4 Å². The van der Waals surface area contributed by atoms with Crippen molar-refractivity contribution in [2.24, 2.45) is 0 Å². The lowest BCUT2D eigenvalue weighted by atomic mass is 9.96. The summed E-state index contributed by atoms with van der Waals surface area (Å²) in [4.78, 5) is 50.2. The van der Waals surface area contributed by atoms with Crippen molar-refractivity contribution in [1.82, 2.24) is 14.8 Å². The number of aromatic nitrogens is 1. The van der Waals surface area contributed by atoms with Crippen LogP contribution in [0.25, 0.3) is 10.9 Å². The first kappa shape index (κ1) is 28.6. The van der Waals surface area contributed by atoms with Crippen LogP contribution in [-0.4, -0.2) is 98.9 Å². The molecule has 5 N–H and O–H groups in total. The highest BCUT2D eigenvalue weighted by molar-refractivity contribution is 5.91. The molecule has 0 fully saturated rings. The van der Waals surface area contributed by atoms with Crippen LogP contribution in [0.5, 0.6) is 0 Å². The molecule has 1 aromatic carbocycles. The number of carbonyl (C=O) groups excluding carboxylic acids is 1. The first-order valence-corrected chi connectivity index (χ1v) is 10.5. The maximum Gasteiger partial charge on any atom is 0.336 e. The summed E-state index contributed by atoms with van der Waals surface area (Å²) in [5.41, 5.74) is 1.84. The summed E-state index contributed by atoms with van der Waals surface area (Å²) >= 11 is 0. The number of carboxylic acids is 3. The molecule has 11 heteroatoms. The number of hydrogen-bond acceptors (Lipinski definition) is 6. The van der Waals surface area contributed by atoms with E-state index in [4.69, 9.17) is 20.4 Å². The van der Waals surface area contributed by atoms with Gasteiger partial charge in [-0.15, -0.1) is 0 Å². The maximum absolute atomic E-state index is 12.4. The number of aliphatic carboxylic acids is 3. The summed E-state index contributed by atoms with van der Waals surface area (Å²) in [6.45, 7) is 5.77. The zero-order chi connectivity index (χ0) is 26.2. The predicted octanol–water partition coefficient (Wildman–Crippen LogP) is 1.10. The molecule has 188 valence electrons. The number of hydrogen-bond donors (Lipinski definition) is 5. The zero-order valence-corrected chi connectivity index (χ0v) is 20.1. The standard InChI is InChI=1S/C17H25N3O.C6H8O7/c1-12-7-6-8-14-15(13(2)18-17(12)14)11-16(21)20(5)10-9-19(3)4;7-3(8)1-6(13,5(11)12)2-4(9)10/h6-8,18H,9-11H2,1-5H3;13H,1-2H2,(H,7,8)(H,9,10)(H,11,12). The fourth-order valence-corrected chi connectivity index (χ4v) is 3.25. The lowest BCUT2D eigenvalue weighted by molar-refractivity contribution is -0.170. The van der Waals surface area contributed by atoms with Gasteiger partial charge < -0.3 is 35.2 Å². The molecule has 0 bridgehead atoms. The molecule has 2 aromatic rings. The average Bonchev–Trinajstić information content (AvgIpc) is 3.02. The fourth-order valence-electron chi connectivity index (χ4n) is 3.25. The molecule has 1 heterocycles. The van der Waals surface area contributed by atoms with Gasteiger partial charge in [0.05, 0.1) is 19.3 Å². The largest absolute Gasteiger partial charge is 0.481 e. The second kappa shape index (κ2) is 12.1. The molecule has 0 atom stereocenters. The molecule has 1 amide bonds. The number of amides is 1. The van der Waals surface area contributed by atoms with Gasteiger partial charge in [0, 0.05) is 36.7 Å². The van der Waals surface area contributed by atoms with E-state index in [1.54, 1.807) is 0 Å². The lowest BCUT2D eigenvalue weighted by Crippen LogP contribution is -2.42. The molecule has 1 aromatic heterocycles. The van der Waals surface area contributed by atoms with Crippen molar-refractivity contribution >= 4 is 34.7 Å². The minimum absolute atomic E-state index is 0.169. The molecule has 0 aliphatic rings. The van der Waals surface area contributed by atoms with Gasteiger partial charge in [-0.2, -0.15) is 0 Å². The molecule has 0 spiro atoms. The average molecular weight is 480 g/mol. The molecule has 11 nitrogen and oxygen atoms in total. The molecule has 0 unspecified atom stereocenters. The van der Waals surface area contributed by atoms with Crippen molar-refractivity contribution in [2.45, 2.75) is 38.7 Å². The number of para-hydroxylation sites is 1. The van der Waals surface area contributed by atoms with E-state index in [2.05, 4.69) is 35.0 Å². The Labute approximate surface area is 197 Å². The summed E-state index contributed by atoms with van der Waals surface area (Å²) in [5, 5.41) is 35.0. The molecule has 0 saturated heterocycles. The number of rotatable bonds is 10. The third-order valence-electron chi connectivity index (χ3n) is 5.28. The van der Waals surface area contributed by atoms with Crippen molar-refractivity contribution in [3.8, 4) is 0 Å². The number of carboxylic acid groups (broad SMARTS) is 3. The molecule has 34 heavy (non-hydrogen) atoms. The Bertz CT molecular complexity index is 1030. The molecule has 0 aliphatic carbocycles. The fraction of sp³-hybridized carbons (Fsp3) is 0.478. The van der Waals surface area contributed by atoms with Crippen molar-refractivity contribution in [3.63, 3.8) is 0 Å². The van der Waals surface area contributed by atoms with Crippen LogP contribution in [0, 0.1) is 13.8 Å². The van der Waals surface area contributed by atoms with Gasteiger partial charge in [0.25, 0.3) is 0 Å². The van der Waals surface area contributed by atoms with Crippen LogP contribution >= 0.6 is 0 Å². The summed E-state index contributed by atoms with van der Waals surface area (Å²) < 4.78 is 0. The number of aliphatic hydroxyl groups is 1. The number of benzene rings is 1. The Morgan fingerprint density at radius 1 is 0.941 bits per heavy atom. The predicted molar refractivity (Wildman–Crippen MR) is 125 cm³/mol. The van der Waals surface area contributed by atoms with E-state index in [1.807, 2.05) is 33.0 Å². The van der Waals surface area contributed by atoms with Crippen molar-refractivity contribution in [2.75, 3.05) is 34.2 Å². The topological polar surface area (TPSA) is 171 Å². The summed E-state index contributed by atoms with van der Waals surface area (Å²) in [6, 6.07) is 6.23. The second-order valence-electron chi connectivity index (χ2n) is 8.50. The lowest BCUT2D eigenvalue weighted by Gasteiger charge is -2.19. The van der Waals surface area contributed by atoms with Gasteiger partial charge in [0.15, 0.2) is 5.60 Å². The number of aromatic amines is 1. The van der Waals surface area contributed by atoms with Crippen molar-refractivity contribution in [3.05, 3.63) is 35.0 Å². The number of carbonyl (C=O) groups is 4. The van der Waals surface area contributed by atoms with Crippen molar-refractivity contribution in [1.29, 1.82) is 0 Å². The van der Waals surface area contributed by atoms with E-state index in [0.717, 1.165) is 29.9 Å². The molecule has 0 aliphatic heterocycles. The minimum atomic E-state index is -2.74. The van der Waals surface area contributed by atoms with Gasteiger partial charge in [-0.05, 0) is 39.1 Å². The first-order chi connectivity index (χ1) is 15.7. The van der Waals surface area contributed by atoms with Crippen LogP contribution in [0.1, 0.15) is 29.7 Å². The quantitative estimate of drug-likeness (QED) is 0.334. The van der Waals surface area contributed by atoms with Gasteiger partial charge in [-0.3, -0.25) is 14.4 Å². The maximum atomic E-state index is 12.4. The number of fused-ring (bicyclic) bond motifs is 1. The zero-order valence-electron chi connectivity index (χ0n) is 20.1. The van der Waals surface area contributed by atoms with Gasteiger partial charge in [0.2, 0.25) is 5.91 Å². The number of nitrogens with zero attached hydrogens (tertiary/aromatic N) is 2. The third-order valence-corrected chi connectivity index (χ3v) is 5.28. The molecule has 0 radical (unpaired) electrons. The number of likely N-dealkylation sites (N-methyl/N-ethyl adjacent to an activating group) is 2. The van der Waals surface area contributed by atoms with Crippen LogP contribution < -0.4 is 0 Å². The molecular formula is C23H33N3O8. The van der Waals surface area contributed by atoms with E-state index in [0.29, 0.717) is 6.42 Å². The third kappa shape index (κ3) is 8.16. The minimum Gasteiger partial charge on any atom is -0.481 e. The first-order valence-electron chi connectivity index (χ1n) is 10.5. The normalized spacial score (nSPS) is 11.1. The van der Waals surface area contributed by atoms with Gasteiger partial charge >= 0.3 is 17.9 Å². The Morgan fingerprint density at radius 2 is 1.50 bits per heavy atom. The summed E-state index contributed by atoms with van der Waals surface area (Å²) in [6.07, 6.45) is -1.83. The molecule has 2 rings (SSSR count). The monoisotopic (exact) mass is 479 g/mol. The Kier molecular flexibility index (Phi) is 10.2. The highest BCUT2D eigenvalue weighted by atomic mass is 16.4.